The number of nitrogens with zero attached hydrogens (tertiary/aromatic N) is 3. The van der Waals surface area contributed by atoms with Crippen molar-refractivity contribution in [1.29, 1.82) is 0 Å². The summed E-state index contributed by atoms with van der Waals surface area (Å²) in [5.74, 6) is -0.0172. The zero-order chi connectivity index (χ0) is 30.7. The van der Waals surface area contributed by atoms with Gasteiger partial charge in [0.1, 0.15) is 12.6 Å². The molecule has 4 amide bonds. The first-order valence-corrected chi connectivity index (χ1v) is 15.6. The number of amides is 4. The molecule has 0 radical (unpaired) electrons. The van der Waals surface area contributed by atoms with E-state index in [9.17, 15) is 14.4 Å². The second kappa shape index (κ2) is 16.0. The molecule has 2 aromatic rings. The second-order valence-electron chi connectivity index (χ2n) is 11.6. The summed E-state index contributed by atoms with van der Waals surface area (Å²) < 4.78 is 11.3. The zero-order valence-corrected chi connectivity index (χ0v) is 27.3. The maximum atomic E-state index is 13.4. The van der Waals surface area contributed by atoms with E-state index in [1.807, 2.05) is 40.0 Å². The highest BCUT2D eigenvalue weighted by atomic mass is 32.1. The van der Waals surface area contributed by atoms with E-state index in [1.165, 1.54) is 16.2 Å². The second-order valence-corrected chi connectivity index (χ2v) is 13.5. The van der Waals surface area contributed by atoms with Gasteiger partial charge in [-0.25, -0.2) is 14.6 Å². The third-order valence-electron chi connectivity index (χ3n) is 5.99. The Kier molecular flexibility index (Phi) is 13.5. The molecule has 0 fully saturated rings. The fourth-order valence-electron chi connectivity index (χ4n) is 3.91. The van der Waals surface area contributed by atoms with Gasteiger partial charge in [0.2, 0.25) is 5.91 Å². The quantitative estimate of drug-likeness (QED) is 0.273. The van der Waals surface area contributed by atoms with Crippen LogP contribution >= 0.6 is 22.7 Å². The Bertz CT molecular complexity index is 1100. The Morgan fingerprint density at radius 2 is 1.66 bits per heavy atom. The Morgan fingerprint density at radius 1 is 1.00 bits per heavy atom. The third-order valence-corrected chi connectivity index (χ3v) is 7.94. The fourth-order valence-corrected chi connectivity index (χ4v) is 5.24. The van der Waals surface area contributed by atoms with Gasteiger partial charge in [-0.2, -0.15) is 0 Å². The van der Waals surface area contributed by atoms with Gasteiger partial charge in [-0.3, -0.25) is 9.78 Å². The molecule has 13 heteroatoms. The number of aromatic nitrogens is 2. The van der Waals surface area contributed by atoms with Crippen molar-refractivity contribution >= 4 is 40.7 Å². The van der Waals surface area contributed by atoms with E-state index in [0.717, 1.165) is 15.6 Å². The van der Waals surface area contributed by atoms with E-state index in [-0.39, 0.29) is 24.6 Å². The summed E-state index contributed by atoms with van der Waals surface area (Å²) in [4.78, 5) is 49.5. The highest BCUT2D eigenvalue weighted by Gasteiger charge is 2.32. The minimum Gasteiger partial charge on any atom is -0.444 e. The van der Waals surface area contributed by atoms with Crippen LogP contribution in [-0.4, -0.2) is 69.8 Å². The van der Waals surface area contributed by atoms with Crippen LogP contribution in [0.1, 0.15) is 89.7 Å². The lowest BCUT2D eigenvalue weighted by molar-refractivity contribution is -0.131. The van der Waals surface area contributed by atoms with Gasteiger partial charge in [0.05, 0.1) is 39.3 Å². The van der Waals surface area contributed by atoms with Crippen molar-refractivity contribution in [3.8, 4) is 0 Å². The van der Waals surface area contributed by atoms with Gasteiger partial charge in [-0.15, -0.1) is 22.7 Å². The monoisotopic (exact) mass is 610 g/mol. The number of nitrogens with one attached hydrogen (secondary N) is 3. The molecule has 230 valence electrons. The Labute approximate surface area is 251 Å². The Balaban J connectivity index is 1.91. The van der Waals surface area contributed by atoms with Crippen LogP contribution in [0.15, 0.2) is 17.1 Å². The normalized spacial score (nSPS) is 14.6. The molecule has 0 saturated carbocycles. The molecule has 3 N–H and O–H groups in total. The van der Waals surface area contributed by atoms with Crippen LogP contribution in [0.25, 0.3) is 0 Å². The van der Waals surface area contributed by atoms with E-state index in [4.69, 9.17) is 9.47 Å². The molecular formula is C28H46N6O5S2. The van der Waals surface area contributed by atoms with Gasteiger partial charge >= 0.3 is 12.1 Å². The molecule has 1 unspecified atom stereocenters. The maximum absolute atomic E-state index is 13.4. The molecule has 0 aromatic carbocycles. The average Bonchev–Trinajstić information content (AvgIpc) is 3.56. The van der Waals surface area contributed by atoms with Gasteiger partial charge in [0.15, 0.2) is 0 Å². The molecule has 0 spiro atoms. The van der Waals surface area contributed by atoms with E-state index < -0.39 is 29.9 Å². The van der Waals surface area contributed by atoms with Gasteiger partial charge in [0.25, 0.3) is 0 Å². The van der Waals surface area contributed by atoms with Crippen LogP contribution in [0.2, 0.25) is 0 Å². The SMILES string of the molecule is CC(C)c1nc(CN(C)C(=O)N[C@H](C(=O)N[C@@H](C)CC[C@H](C)NC(=O)OCc2cncs2)C(C)OC(C)(C)C)cs1. The summed E-state index contributed by atoms with van der Waals surface area (Å²) in [6, 6.07) is -1.66. The van der Waals surface area contributed by atoms with Crippen LogP contribution < -0.4 is 16.0 Å². The molecule has 2 rings (SSSR count). The molecule has 2 aromatic heterocycles. The fraction of sp³-hybridized carbons (Fsp3) is 0.679. The molecular weight excluding hydrogens is 564 g/mol. The van der Waals surface area contributed by atoms with Gasteiger partial charge in [-0.1, -0.05) is 13.8 Å². The maximum Gasteiger partial charge on any atom is 0.407 e. The van der Waals surface area contributed by atoms with E-state index in [1.54, 1.807) is 37.0 Å². The summed E-state index contributed by atoms with van der Waals surface area (Å²) in [6.07, 6.45) is 1.81. The van der Waals surface area contributed by atoms with Crippen molar-refractivity contribution in [2.24, 2.45) is 0 Å². The van der Waals surface area contributed by atoms with Crippen molar-refractivity contribution in [2.45, 2.75) is 117 Å². The van der Waals surface area contributed by atoms with E-state index in [2.05, 4.69) is 39.8 Å². The number of alkyl carbamates (subject to hydrolysis) is 1. The molecule has 0 aliphatic heterocycles. The van der Waals surface area contributed by atoms with Gasteiger partial charge in [-0.05, 0) is 54.4 Å². The molecule has 4 atom stereocenters. The lowest BCUT2D eigenvalue weighted by Crippen LogP contribution is -2.57. The standard InChI is InChI=1S/C28H46N6O5S2/c1-17(2)25-32-21(15-40-25)13-34(9)26(36)33-23(20(5)39-28(6,7)8)24(35)30-18(3)10-11-19(4)31-27(37)38-14-22-12-29-16-41-22/h12,15-20,23H,10-11,13-14H2,1-9H3,(H,30,35)(H,31,37)(H,33,36)/t18-,19-,20?,23-/m0/s1. The highest BCUT2D eigenvalue weighted by Crippen LogP contribution is 2.20. The molecule has 2 heterocycles. The summed E-state index contributed by atoms with van der Waals surface area (Å²) in [5.41, 5.74) is 1.98. The molecule has 0 aliphatic rings. The number of hydrogen-bond acceptors (Lipinski definition) is 9. The predicted octanol–water partition coefficient (Wildman–Crippen LogP) is 5.04. The van der Waals surface area contributed by atoms with Crippen molar-refractivity contribution in [1.82, 2.24) is 30.8 Å². The largest absolute Gasteiger partial charge is 0.444 e. The van der Waals surface area contributed by atoms with E-state index >= 15 is 0 Å². The van der Waals surface area contributed by atoms with Crippen molar-refractivity contribution in [3.05, 3.63) is 32.7 Å². The van der Waals surface area contributed by atoms with Gasteiger partial charge in [0, 0.05) is 36.6 Å². The first kappa shape index (κ1) is 34.4. The predicted molar refractivity (Wildman–Crippen MR) is 162 cm³/mol. The molecule has 41 heavy (non-hydrogen) atoms. The number of urea groups is 1. The molecule has 0 aliphatic carbocycles. The minimum absolute atomic E-state index is 0.155. The van der Waals surface area contributed by atoms with Crippen LogP contribution in [0.4, 0.5) is 9.59 Å². The lowest BCUT2D eigenvalue weighted by atomic mass is 10.1. The van der Waals surface area contributed by atoms with Crippen LogP contribution in [0, 0.1) is 0 Å². The van der Waals surface area contributed by atoms with Crippen molar-refractivity contribution < 1.29 is 23.9 Å². The smallest absolute Gasteiger partial charge is 0.407 e. The Morgan fingerprint density at radius 3 is 2.22 bits per heavy atom. The summed E-state index contributed by atoms with van der Waals surface area (Å²) in [5, 5.41) is 11.6. The van der Waals surface area contributed by atoms with E-state index in [0.29, 0.717) is 25.3 Å². The summed E-state index contributed by atoms with van der Waals surface area (Å²) in [6.45, 7) is 15.9. The topological polar surface area (TPSA) is 135 Å². The minimum atomic E-state index is -0.912. The highest BCUT2D eigenvalue weighted by molar-refractivity contribution is 7.09. The first-order chi connectivity index (χ1) is 19.1. The van der Waals surface area contributed by atoms with Gasteiger partial charge < -0.3 is 30.3 Å². The third kappa shape index (κ3) is 12.7. The zero-order valence-electron chi connectivity index (χ0n) is 25.6. The number of carbonyl (C=O) groups is 3. The summed E-state index contributed by atoms with van der Waals surface area (Å²) in [7, 11) is 1.67. The van der Waals surface area contributed by atoms with Crippen molar-refractivity contribution in [3.63, 3.8) is 0 Å². The van der Waals surface area contributed by atoms with Crippen LogP contribution in [0.3, 0.4) is 0 Å². The van der Waals surface area contributed by atoms with Crippen molar-refractivity contribution in [2.75, 3.05) is 7.05 Å². The lowest BCUT2D eigenvalue weighted by Gasteiger charge is -2.32. The molecule has 11 nitrogen and oxygen atoms in total. The number of rotatable bonds is 14. The summed E-state index contributed by atoms with van der Waals surface area (Å²) >= 11 is 2.99. The number of thiazole rings is 2. The molecule has 0 saturated heterocycles. The number of hydrogen-bond donors (Lipinski definition) is 3. The average molecular weight is 611 g/mol. The van der Waals surface area contributed by atoms with Crippen LogP contribution in [-0.2, 0) is 27.4 Å². The number of ether oxygens (including phenoxy) is 2. The van der Waals surface area contributed by atoms with Crippen LogP contribution in [0.5, 0.6) is 0 Å². The number of carbonyl (C=O) groups excluding carboxylic acids is 3. The first-order valence-electron chi connectivity index (χ1n) is 13.9. The Hall–Kier alpha value is -2.77. The molecule has 0 bridgehead atoms.